The van der Waals surface area contributed by atoms with Gasteiger partial charge in [-0.2, -0.15) is 0 Å². The van der Waals surface area contributed by atoms with Gasteiger partial charge in [0.05, 0.1) is 17.0 Å². The van der Waals surface area contributed by atoms with E-state index in [4.69, 9.17) is 0 Å². The highest BCUT2D eigenvalue weighted by atomic mass is 32.2. The molecular weight excluding hydrogens is 328 g/mol. The van der Waals surface area contributed by atoms with Crippen LogP contribution in [0.25, 0.3) is 0 Å². The third kappa shape index (κ3) is 4.20. The number of nitrogens with zero attached hydrogens (tertiary/aromatic N) is 1. The molecule has 1 amide bonds. The summed E-state index contributed by atoms with van der Waals surface area (Å²) >= 11 is 0. The van der Waals surface area contributed by atoms with Gasteiger partial charge in [-0.25, -0.2) is 8.42 Å². The van der Waals surface area contributed by atoms with Crippen LogP contribution in [0.5, 0.6) is 0 Å². The van der Waals surface area contributed by atoms with Gasteiger partial charge in [0.15, 0.2) is 0 Å². The first-order valence-corrected chi connectivity index (χ1v) is 8.68. The average Bonchev–Trinajstić information content (AvgIpc) is 2.54. The number of sulfonamides is 1. The van der Waals surface area contributed by atoms with Crippen molar-refractivity contribution in [1.82, 2.24) is 0 Å². The topological polar surface area (TPSA) is 83.5 Å². The molecule has 2 rings (SSSR count). The maximum absolute atomic E-state index is 12.6. The summed E-state index contributed by atoms with van der Waals surface area (Å²) in [5.41, 5.74) is 0.985. The summed E-state index contributed by atoms with van der Waals surface area (Å²) in [6.45, 7) is 1.33. The lowest BCUT2D eigenvalue weighted by atomic mass is 10.2. The van der Waals surface area contributed by atoms with Crippen molar-refractivity contribution >= 4 is 33.1 Å². The van der Waals surface area contributed by atoms with Crippen molar-refractivity contribution in [1.29, 1.82) is 0 Å². The van der Waals surface area contributed by atoms with Gasteiger partial charge in [0.1, 0.15) is 5.78 Å². The molecule has 0 saturated carbocycles. The van der Waals surface area contributed by atoms with Gasteiger partial charge in [-0.3, -0.25) is 13.9 Å². The second kappa shape index (κ2) is 7.27. The predicted octanol–water partition coefficient (Wildman–Crippen LogP) is 2.43. The molecule has 0 bridgehead atoms. The molecule has 0 saturated heterocycles. The van der Waals surface area contributed by atoms with E-state index in [0.29, 0.717) is 11.4 Å². The SMILES string of the molecule is CC(=O)CC(=O)Nc1ccc(S(=O)(=O)N(C)c2ccccc2)cc1. The number of benzene rings is 2. The Morgan fingerprint density at radius 3 is 2.12 bits per heavy atom. The fourth-order valence-electron chi connectivity index (χ4n) is 2.08. The molecule has 6 nitrogen and oxygen atoms in total. The molecular formula is C17H18N2O4S. The summed E-state index contributed by atoms with van der Waals surface area (Å²) in [7, 11) is -2.21. The number of para-hydroxylation sites is 1. The second-order valence-electron chi connectivity index (χ2n) is 5.26. The van der Waals surface area contributed by atoms with Crippen LogP contribution in [0.2, 0.25) is 0 Å². The molecule has 0 aliphatic rings. The first kappa shape index (κ1) is 17.7. The van der Waals surface area contributed by atoms with Gasteiger partial charge in [-0.15, -0.1) is 0 Å². The fourth-order valence-corrected chi connectivity index (χ4v) is 3.27. The monoisotopic (exact) mass is 346 g/mol. The first-order chi connectivity index (χ1) is 11.3. The van der Waals surface area contributed by atoms with Crippen LogP contribution < -0.4 is 9.62 Å². The van der Waals surface area contributed by atoms with Crippen LogP contribution in [0.3, 0.4) is 0 Å². The number of carbonyl (C=O) groups excluding carboxylic acids is 2. The van der Waals surface area contributed by atoms with Gasteiger partial charge in [0.25, 0.3) is 10.0 Å². The number of Topliss-reactive ketones (excluding diaryl/α,β-unsaturated/α-hetero) is 1. The molecule has 0 aromatic heterocycles. The number of ketones is 1. The lowest BCUT2D eigenvalue weighted by Crippen LogP contribution is -2.26. The summed E-state index contributed by atoms with van der Waals surface area (Å²) < 4.78 is 26.4. The summed E-state index contributed by atoms with van der Waals surface area (Å²) in [4.78, 5) is 22.5. The van der Waals surface area contributed by atoms with E-state index >= 15 is 0 Å². The van der Waals surface area contributed by atoms with Crippen LogP contribution in [0, 0.1) is 0 Å². The lowest BCUT2D eigenvalue weighted by Gasteiger charge is -2.19. The Labute approximate surface area is 141 Å². The highest BCUT2D eigenvalue weighted by molar-refractivity contribution is 7.92. The molecule has 1 N–H and O–H groups in total. The maximum atomic E-state index is 12.6. The van der Waals surface area contributed by atoms with Crippen molar-refractivity contribution in [3.8, 4) is 0 Å². The molecule has 0 aliphatic heterocycles. The molecule has 126 valence electrons. The van der Waals surface area contributed by atoms with Gasteiger partial charge >= 0.3 is 0 Å². The minimum absolute atomic E-state index is 0.110. The first-order valence-electron chi connectivity index (χ1n) is 7.24. The number of nitrogens with one attached hydrogen (secondary N) is 1. The third-order valence-corrected chi connectivity index (χ3v) is 5.13. The summed E-state index contributed by atoms with van der Waals surface area (Å²) in [6, 6.07) is 14.5. The largest absolute Gasteiger partial charge is 0.326 e. The van der Waals surface area contributed by atoms with Crippen LogP contribution >= 0.6 is 0 Å². The molecule has 24 heavy (non-hydrogen) atoms. The van der Waals surface area contributed by atoms with Crippen molar-refractivity contribution < 1.29 is 18.0 Å². The second-order valence-corrected chi connectivity index (χ2v) is 7.23. The summed E-state index contributed by atoms with van der Waals surface area (Å²) in [5.74, 6) is -0.671. The zero-order chi connectivity index (χ0) is 17.7. The van der Waals surface area contributed by atoms with Crippen molar-refractivity contribution in [2.45, 2.75) is 18.2 Å². The van der Waals surface area contributed by atoms with Crippen LogP contribution in [0.1, 0.15) is 13.3 Å². The van der Waals surface area contributed by atoms with Gasteiger partial charge in [-0.1, -0.05) is 18.2 Å². The number of amides is 1. The van der Waals surface area contributed by atoms with Gasteiger partial charge in [0.2, 0.25) is 5.91 Å². The third-order valence-electron chi connectivity index (χ3n) is 3.33. The Kier molecular flexibility index (Phi) is 5.35. The number of hydrogen-bond donors (Lipinski definition) is 1. The molecule has 0 atom stereocenters. The quantitative estimate of drug-likeness (QED) is 0.814. The molecule has 0 aliphatic carbocycles. The molecule has 0 unspecified atom stereocenters. The highest BCUT2D eigenvalue weighted by Gasteiger charge is 2.21. The van der Waals surface area contributed by atoms with E-state index in [9.17, 15) is 18.0 Å². The van der Waals surface area contributed by atoms with Gasteiger partial charge < -0.3 is 5.32 Å². The predicted molar refractivity (Wildman–Crippen MR) is 92.4 cm³/mol. The maximum Gasteiger partial charge on any atom is 0.264 e. The Hall–Kier alpha value is -2.67. The molecule has 0 radical (unpaired) electrons. The Balaban J connectivity index is 2.17. The molecule has 2 aromatic rings. The van der Waals surface area contributed by atoms with Crippen LogP contribution in [0.15, 0.2) is 59.5 Å². The standard InChI is InChI=1S/C17H18N2O4S/c1-13(20)12-17(21)18-14-8-10-16(11-9-14)24(22,23)19(2)15-6-4-3-5-7-15/h3-11H,12H2,1-2H3,(H,18,21). The highest BCUT2D eigenvalue weighted by Crippen LogP contribution is 2.22. The molecule has 0 spiro atoms. The normalized spacial score (nSPS) is 10.9. The van der Waals surface area contributed by atoms with E-state index in [1.165, 1.54) is 42.5 Å². The average molecular weight is 346 g/mol. The van der Waals surface area contributed by atoms with E-state index in [1.807, 2.05) is 6.07 Å². The lowest BCUT2D eigenvalue weighted by molar-refractivity contribution is -0.124. The van der Waals surface area contributed by atoms with Gasteiger partial charge in [-0.05, 0) is 43.3 Å². The molecule has 0 fully saturated rings. The molecule has 0 heterocycles. The Bertz CT molecular complexity index is 831. The van der Waals surface area contributed by atoms with Crippen molar-refractivity contribution in [3.63, 3.8) is 0 Å². The van der Waals surface area contributed by atoms with E-state index in [2.05, 4.69) is 5.32 Å². The Morgan fingerprint density at radius 1 is 1.00 bits per heavy atom. The zero-order valence-corrected chi connectivity index (χ0v) is 14.2. The number of rotatable bonds is 6. The van der Waals surface area contributed by atoms with Crippen molar-refractivity contribution in [2.24, 2.45) is 0 Å². The van der Waals surface area contributed by atoms with Crippen LogP contribution in [-0.2, 0) is 19.6 Å². The van der Waals surface area contributed by atoms with Crippen LogP contribution in [0.4, 0.5) is 11.4 Å². The van der Waals surface area contributed by atoms with E-state index in [0.717, 1.165) is 0 Å². The number of anilines is 2. The Morgan fingerprint density at radius 2 is 1.58 bits per heavy atom. The van der Waals surface area contributed by atoms with Gasteiger partial charge in [0, 0.05) is 12.7 Å². The summed E-state index contributed by atoms with van der Waals surface area (Å²) in [5, 5.41) is 2.54. The summed E-state index contributed by atoms with van der Waals surface area (Å²) in [6.07, 6.45) is -0.212. The number of hydrogen-bond acceptors (Lipinski definition) is 4. The van der Waals surface area contributed by atoms with Crippen LogP contribution in [-0.4, -0.2) is 27.2 Å². The minimum atomic E-state index is -3.69. The van der Waals surface area contributed by atoms with E-state index in [-0.39, 0.29) is 17.1 Å². The zero-order valence-electron chi connectivity index (χ0n) is 13.4. The minimum Gasteiger partial charge on any atom is -0.326 e. The smallest absolute Gasteiger partial charge is 0.264 e. The molecule has 7 heteroatoms. The van der Waals surface area contributed by atoms with E-state index in [1.54, 1.807) is 24.3 Å². The van der Waals surface area contributed by atoms with Crippen molar-refractivity contribution in [3.05, 3.63) is 54.6 Å². The van der Waals surface area contributed by atoms with Crippen molar-refractivity contribution in [2.75, 3.05) is 16.7 Å². The number of carbonyl (C=O) groups is 2. The van der Waals surface area contributed by atoms with E-state index < -0.39 is 15.9 Å². The fraction of sp³-hybridized carbons (Fsp3) is 0.176. The molecule has 2 aromatic carbocycles.